The first-order chi connectivity index (χ1) is 11.2. The molecular weight excluding hydrogens is 344 g/mol. The quantitative estimate of drug-likeness (QED) is 0.762. The molecule has 7 heteroatoms. The summed E-state index contributed by atoms with van der Waals surface area (Å²) in [5.74, 6) is 1.02. The summed E-state index contributed by atoms with van der Waals surface area (Å²) in [5.41, 5.74) is 0. The first-order valence-electron chi connectivity index (χ1n) is 7.71. The van der Waals surface area contributed by atoms with Crippen LogP contribution in [0, 0.1) is 0 Å². The van der Waals surface area contributed by atoms with E-state index < -0.39 is 0 Å². The molecule has 0 bridgehead atoms. The maximum Gasteiger partial charge on any atom is 0.264 e. The summed E-state index contributed by atoms with van der Waals surface area (Å²) >= 11 is 1.56. The number of imidazole rings is 1. The lowest BCUT2D eigenvalue weighted by atomic mass is 10.1. The third-order valence-corrected chi connectivity index (χ3v) is 5.40. The summed E-state index contributed by atoms with van der Waals surface area (Å²) < 4.78 is 3.14. The number of benzene rings is 1. The van der Waals surface area contributed by atoms with Gasteiger partial charge in [0, 0.05) is 43.8 Å². The Labute approximate surface area is 150 Å². The number of nitrogens with zero attached hydrogens (tertiary/aromatic N) is 3. The Morgan fingerprint density at radius 2 is 2.21 bits per heavy atom. The van der Waals surface area contributed by atoms with Crippen molar-refractivity contribution < 1.29 is 4.79 Å². The lowest BCUT2D eigenvalue weighted by Gasteiger charge is -2.35. The van der Waals surface area contributed by atoms with E-state index in [2.05, 4.69) is 22.4 Å². The lowest BCUT2D eigenvalue weighted by Crippen LogP contribution is -2.49. The predicted octanol–water partition coefficient (Wildman–Crippen LogP) is 2.84. The average Bonchev–Trinajstić information content (AvgIpc) is 3.20. The second-order valence-corrected chi connectivity index (χ2v) is 6.85. The molecule has 3 aromatic rings. The molecule has 1 amide bonds. The maximum absolute atomic E-state index is 13.1. The van der Waals surface area contributed by atoms with Gasteiger partial charge in [-0.25, -0.2) is 4.98 Å². The number of rotatable bonds is 2. The summed E-state index contributed by atoms with van der Waals surface area (Å²) in [4.78, 5) is 20.2. The fourth-order valence-corrected chi connectivity index (χ4v) is 4.12. The van der Waals surface area contributed by atoms with Crippen molar-refractivity contribution in [1.82, 2.24) is 19.8 Å². The highest BCUT2D eigenvalue weighted by molar-refractivity contribution is 7.20. The summed E-state index contributed by atoms with van der Waals surface area (Å²) in [6, 6.07) is 10.1. The standard InChI is InChI=1S/C17H18N4OS.ClH/c1-20-8-7-19-16(20)13-11-18-6-9-21(13)17(22)15-10-12-4-2-3-5-14(12)23-15;/h2-5,7-8,10,13,18H,6,9,11H2,1H3;1H. The van der Waals surface area contributed by atoms with Crippen LogP contribution >= 0.6 is 23.7 Å². The molecular formula is C17H19ClN4OS. The first-order valence-corrected chi connectivity index (χ1v) is 8.53. The molecule has 1 aliphatic rings. The van der Waals surface area contributed by atoms with Gasteiger partial charge >= 0.3 is 0 Å². The molecule has 1 aromatic carbocycles. The largest absolute Gasteiger partial charge is 0.336 e. The van der Waals surface area contributed by atoms with Crippen LogP contribution in [0.4, 0.5) is 0 Å². The van der Waals surface area contributed by atoms with E-state index in [0.29, 0.717) is 6.54 Å². The van der Waals surface area contributed by atoms with E-state index in [1.807, 2.05) is 40.9 Å². The zero-order chi connectivity index (χ0) is 15.8. The Balaban J connectivity index is 0.00000169. The van der Waals surface area contributed by atoms with Crippen LogP contribution in [0.3, 0.4) is 0 Å². The molecule has 1 unspecified atom stereocenters. The van der Waals surface area contributed by atoms with Crippen LogP contribution in [0.25, 0.3) is 10.1 Å². The minimum absolute atomic E-state index is 0. The van der Waals surface area contributed by atoms with Gasteiger partial charge in [0.05, 0.1) is 4.88 Å². The van der Waals surface area contributed by atoms with Crippen LogP contribution in [0.5, 0.6) is 0 Å². The number of carbonyl (C=O) groups is 1. The molecule has 0 spiro atoms. The van der Waals surface area contributed by atoms with Gasteiger partial charge in [0.25, 0.3) is 5.91 Å². The number of fused-ring (bicyclic) bond motifs is 1. The van der Waals surface area contributed by atoms with Gasteiger partial charge in [0.2, 0.25) is 0 Å². The topological polar surface area (TPSA) is 50.2 Å². The third-order valence-electron chi connectivity index (χ3n) is 4.30. The second kappa shape index (κ2) is 6.93. The zero-order valence-electron chi connectivity index (χ0n) is 13.3. The fraction of sp³-hybridized carbons (Fsp3) is 0.294. The number of thiophene rings is 1. The SMILES string of the molecule is Cl.Cn1ccnc1C1CNCCN1C(=O)c1cc2ccccc2s1. The molecule has 2 aromatic heterocycles. The van der Waals surface area contributed by atoms with Gasteiger partial charge in [-0.15, -0.1) is 23.7 Å². The lowest BCUT2D eigenvalue weighted by molar-refractivity contribution is 0.0626. The van der Waals surface area contributed by atoms with Gasteiger partial charge < -0.3 is 14.8 Å². The third kappa shape index (κ3) is 2.92. The Morgan fingerprint density at radius 3 is 2.96 bits per heavy atom. The monoisotopic (exact) mass is 362 g/mol. The van der Waals surface area contributed by atoms with E-state index in [1.54, 1.807) is 17.5 Å². The molecule has 24 heavy (non-hydrogen) atoms. The molecule has 0 saturated carbocycles. The van der Waals surface area contributed by atoms with E-state index in [9.17, 15) is 4.79 Å². The Hall–Kier alpha value is -1.89. The van der Waals surface area contributed by atoms with Crippen LogP contribution in [0.2, 0.25) is 0 Å². The molecule has 1 atom stereocenters. The van der Waals surface area contributed by atoms with Crippen molar-refractivity contribution in [2.24, 2.45) is 7.05 Å². The highest BCUT2D eigenvalue weighted by atomic mass is 35.5. The van der Waals surface area contributed by atoms with Crippen molar-refractivity contribution in [2.45, 2.75) is 6.04 Å². The highest BCUT2D eigenvalue weighted by Crippen LogP contribution is 2.29. The maximum atomic E-state index is 13.1. The first kappa shape index (κ1) is 17.0. The predicted molar refractivity (Wildman–Crippen MR) is 98.9 cm³/mol. The summed E-state index contributed by atoms with van der Waals surface area (Å²) in [6.45, 7) is 2.25. The molecule has 0 aliphatic carbocycles. The fourth-order valence-electron chi connectivity index (χ4n) is 3.11. The van der Waals surface area contributed by atoms with Crippen molar-refractivity contribution in [2.75, 3.05) is 19.6 Å². The van der Waals surface area contributed by atoms with Gasteiger partial charge in [-0.3, -0.25) is 4.79 Å². The molecule has 1 saturated heterocycles. The Bertz CT molecular complexity index is 826. The number of nitrogens with one attached hydrogen (secondary N) is 1. The Morgan fingerprint density at radius 1 is 1.38 bits per heavy atom. The van der Waals surface area contributed by atoms with E-state index in [-0.39, 0.29) is 24.4 Å². The normalized spacial score (nSPS) is 17.7. The van der Waals surface area contributed by atoms with Gasteiger partial charge in [-0.2, -0.15) is 0 Å². The number of hydrogen-bond acceptors (Lipinski definition) is 4. The number of amides is 1. The summed E-state index contributed by atoms with van der Waals surface area (Å²) in [7, 11) is 1.97. The summed E-state index contributed by atoms with van der Waals surface area (Å²) in [5, 5.41) is 4.50. The van der Waals surface area contributed by atoms with Crippen molar-refractivity contribution >= 4 is 39.7 Å². The van der Waals surface area contributed by atoms with Crippen molar-refractivity contribution in [3.63, 3.8) is 0 Å². The van der Waals surface area contributed by atoms with Gasteiger partial charge in [0.15, 0.2) is 0 Å². The molecule has 1 N–H and O–H groups in total. The van der Waals surface area contributed by atoms with Crippen molar-refractivity contribution in [3.8, 4) is 0 Å². The van der Waals surface area contributed by atoms with Crippen molar-refractivity contribution in [3.05, 3.63) is 53.4 Å². The number of carbonyl (C=O) groups excluding carboxylic acids is 1. The number of hydrogen-bond donors (Lipinski definition) is 1. The second-order valence-electron chi connectivity index (χ2n) is 5.76. The molecule has 1 fully saturated rings. The van der Waals surface area contributed by atoms with E-state index in [0.717, 1.165) is 33.9 Å². The zero-order valence-corrected chi connectivity index (χ0v) is 14.9. The highest BCUT2D eigenvalue weighted by Gasteiger charge is 2.31. The van der Waals surface area contributed by atoms with Crippen LogP contribution in [0.1, 0.15) is 21.5 Å². The van der Waals surface area contributed by atoms with Gasteiger partial charge in [0.1, 0.15) is 11.9 Å². The van der Waals surface area contributed by atoms with Crippen LogP contribution in [-0.2, 0) is 7.05 Å². The molecule has 5 nitrogen and oxygen atoms in total. The van der Waals surface area contributed by atoms with Gasteiger partial charge in [-0.1, -0.05) is 18.2 Å². The molecule has 0 radical (unpaired) electrons. The van der Waals surface area contributed by atoms with Crippen LogP contribution in [-0.4, -0.2) is 40.0 Å². The van der Waals surface area contributed by atoms with Crippen LogP contribution < -0.4 is 5.32 Å². The Kier molecular flexibility index (Phi) is 4.89. The molecule has 126 valence electrons. The smallest absolute Gasteiger partial charge is 0.264 e. The molecule has 3 heterocycles. The minimum atomic E-state index is -0.0264. The van der Waals surface area contributed by atoms with E-state index in [1.165, 1.54) is 0 Å². The van der Waals surface area contributed by atoms with E-state index >= 15 is 0 Å². The van der Waals surface area contributed by atoms with Gasteiger partial charge in [-0.05, 0) is 17.5 Å². The summed E-state index contributed by atoms with van der Waals surface area (Å²) in [6.07, 6.45) is 3.71. The molecule has 1 aliphatic heterocycles. The number of halogens is 1. The number of aromatic nitrogens is 2. The molecule has 4 rings (SSSR count). The van der Waals surface area contributed by atoms with Crippen LogP contribution in [0.15, 0.2) is 42.7 Å². The number of aryl methyl sites for hydroxylation is 1. The minimum Gasteiger partial charge on any atom is -0.336 e. The number of piperazine rings is 1. The van der Waals surface area contributed by atoms with Crippen molar-refractivity contribution in [1.29, 1.82) is 0 Å². The van der Waals surface area contributed by atoms with E-state index in [4.69, 9.17) is 0 Å². The average molecular weight is 363 g/mol.